The van der Waals surface area contributed by atoms with Crippen molar-refractivity contribution in [3.8, 4) is 0 Å². The topological polar surface area (TPSA) is 67.1 Å². The van der Waals surface area contributed by atoms with Crippen LogP contribution in [-0.4, -0.2) is 34.1 Å². The molecule has 0 unspecified atom stereocenters. The summed E-state index contributed by atoms with van der Waals surface area (Å²) in [5.74, 6) is 1.28. The molecule has 2 N–H and O–H groups in total. The van der Waals surface area contributed by atoms with E-state index in [-0.39, 0.29) is 0 Å². The van der Waals surface area contributed by atoms with Crippen LogP contribution in [0.5, 0.6) is 0 Å². The first-order valence-electron chi connectivity index (χ1n) is 8.96. The Balaban J connectivity index is 1.42. The Morgan fingerprint density at radius 1 is 1.27 bits per heavy atom. The Bertz CT molecular complexity index is 864. The smallest absolute Gasteiger partial charge is 0.191 e. The van der Waals surface area contributed by atoms with Gasteiger partial charge in [-0.1, -0.05) is 26.0 Å². The van der Waals surface area contributed by atoms with Crippen LogP contribution in [0.2, 0.25) is 0 Å². The summed E-state index contributed by atoms with van der Waals surface area (Å²) in [4.78, 5) is 13.3. The molecule has 0 atom stereocenters. The Labute approximate surface area is 158 Å². The number of nitrogens with one attached hydrogen (secondary N) is 2. The number of aryl methyl sites for hydroxylation is 1. The molecule has 3 rings (SSSR count). The van der Waals surface area contributed by atoms with Gasteiger partial charge in [-0.25, -0.2) is 9.97 Å². The molecule has 0 spiro atoms. The van der Waals surface area contributed by atoms with Crippen molar-refractivity contribution < 1.29 is 0 Å². The molecule has 7 heteroatoms. The van der Waals surface area contributed by atoms with E-state index >= 15 is 0 Å². The highest BCUT2D eigenvalue weighted by molar-refractivity contribution is 7.09. The van der Waals surface area contributed by atoms with Crippen molar-refractivity contribution in [2.24, 2.45) is 4.99 Å². The number of thiazole rings is 1. The van der Waals surface area contributed by atoms with Crippen molar-refractivity contribution in [3.63, 3.8) is 0 Å². The highest BCUT2D eigenvalue weighted by Crippen LogP contribution is 2.17. The predicted octanol–water partition coefficient (Wildman–Crippen LogP) is 3.37. The monoisotopic (exact) mass is 370 g/mol. The van der Waals surface area contributed by atoms with Gasteiger partial charge in [0.05, 0.1) is 29.6 Å². The number of imidazole rings is 1. The van der Waals surface area contributed by atoms with Gasteiger partial charge in [-0.05, 0) is 24.5 Å². The Morgan fingerprint density at radius 2 is 2.12 bits per heavy atom. The van der Waals surface area contributed by atoms with Gasteiger partial charge in [0.15, 0.2) is 5.96 Å². The number of para-hydroxylation sites is 2. The molecule has 0 radical (unpaired) electrons. The van der Waals surface area contributed by atoms with E-state index in [4.69, 9.17) is 0 Å². The maximum Gasteiger partial charge on any atom is 0.191 e. The minimum absolute atomic E-state index is 0.469. The van der Waals surface area contributed by atoms with E-state index in [1.54, 1.807) is 18.4 Å². The molecule has 0 fully saturated rings. The van der Waals surface area contributed by atoms with Crippen LogP contribution in [0.15, 0.2) is 41.0 Å². The summed E-state index contributed by atoms with van der Waals surface area (Å²) < 4.78 is 2.19. The van der Waals surface area contributed by atoms with E-state index in [0.29, 0.717) is 12.5 Å². The van der Waals surface area contributed by atoms with Crippen LogP contribution >= 0.6 is 11.3 Å². The number of fused-ring (bicyclic) bond motifs is 1. The lowest BCUT2D eigenvalue weighted by molar-refractivity contribution is 0.637. The summed E-state index contributed by atoms with van der Waals surface area (Å²) in [6, 6.07) is 8.21. The van der Waals surface area contributed by atoms with Gasteiger partial charge in [-0.2, -0.15) is 0 Å². The normalized spacial score (nSPS) is 12.1. The molecule has 0 aliphatic rings. The number of hydrogen-bond acceptors (Lipinski definition) is 4. The van der Waals surface area contributed by atoms with Crippen molar-refractivity contribution in [3.05, 3.63) is 46.7 Å². The van der Waals surface area contributed by atoms with Crippen LogP contribution < -0.4 is 10.6 Å². The van der Waals surface area contributed by atoms with Crippen LogP contribution in [-0.2, 0) is 13.1 Å². The second-order valence-corrected chi connectivity index (χ2v) is 7.40. The second-order valence-electron chi connectivity index (χ2n) is 6.45. The summed E-state index contributed by atoms with van der Waals surface area (Å²) in [6.45, 7) is 6.80. The molecule has 0 saturated carbocycles. The molecular formula is C19H26N6S. The lowest BCUT2D eigenvalue weighted by Crippen LogP contribution is -2.37. The van der Waals surface area contributed by atoms with Crippen molar-refractivity contribution >= 4 is 28.3 Å². The molecule has 0 saturated heterocycles. The lowest BCUT2D eigenvalue weighted by Gasteiger charge is -2.11. The Kier molecular flexibility index (Phi) is 6.22. The van der Waals surface area contributed by atoms with E-state index in [9.17, 15) is 0 Å². The molecule has 26 heavy (non-hydrogen) atoms. The molecule has 0 amide bonds. The number of guanidine groups is 1. The van der Waals surface area contributed by atoms with E-state index < -0.39 is 0 Å². The third kappa shape index (κ3) is 4.60. The number of hydrogen-bond donors (Lipinski definition) is 2. The van der Waals surface area contributed by atoms with Crippen molar-refractivity contribution in [1.82, 2.24) is 25.2 Å². The fourth-order valence-corrected chi connectivity index (χ4v) is 3.59. The van der Waals surface area contributed by atoms with E-state index in [0.717, 1.165) is 41.7 Å². The van der Waals surface area contributed by atoms with Gasteiger partial charge >= 0.3 is 0 Å². The fourth-order valence-electron chi connectivity index (χ4n) is 2.70. The predicted molar refractivity (Wildman–Crippen MR) is 109 cm³/mol. The summed E-state index contributed by atoms with van der Waals surface area (Å²) in [5.41, 5.74) is 3.38. The number of aromatic nitrogens is 3. The minimum atomic E-state index is 0.469. The SMILES string of the molecule is CN=C(NCCCn1cnc2ccccc21)NCc1nc(C(C)C)cs1. The Hall–Kier alpha value is -2.41. The highest BCUT2D eigenvalue weighted by atomic mass is 32.1. The average Bonchev–Trinajstić information content (AvgIpc) is 3.28. The molecule has 1 aromatic carbocycles. The number of rotatable bonds is 7. The summed E-state index contributed by atoms with van der Waals surface area (Å²) in [5, 5.41) is 9.91. The third-order valence-corrected chi connectivity index (χ3v) is 5.05. The first-order valence-corrected chi connectivity index (χ1v) is 9.84. The molecule has 3 aromatic rings. The van der Waals surface area contributed by atoms with Crippen LogP contribution in [0.3, 0.4) is 0 Å². The fraction of sp³-hybridized carbons (Fsp3) is 0.421. The molecule has 2 aromatic heterocycles. The third-order valence-electron chi connectivity index (χ3n) is 4.19. The molecule has 6 nitrogen and oxygen atoms in total. The van der Waals surface area contributed by atoms with E-state index in [1.165, 1.54) is 5.52 Å². The number of aliphatic imine (C=N–C) groups is 1. The maximum atomic E-state index is 4.64. The van der Waals surface area contributed by atoms with Gasteiger partial charge in [-0.15, -0.1) is 11.3 Å². The average molecular weight is 371 g/mol. The lowest BCUT2D eigenvalue weighted by atomic mass is 10.2. The summed E-state index contributed by atoms with van der Waals surface area (Å²) in [7, 11) is 1.79. The van der Waals surface area contributed by atoms with Gasteiger partial charge in [0.25, 0.3) is 0 Å². The first-order chi connectivity index (χ1) is 12.7. The van der Waals surface area contributed by atoms with Gasteiger partial charge in [0.1, 0.15) is 5.01 Å². The first kappa shape index (κ1) is 18.4. The highest BCUT2D eigenvalue weighted by Gasteiger charge is 2.06. The molecule has 2 heterocycles. The van der Waals surface area contributed by atoms with Crippen molar-refractivity contribution in [2.45, 2.75) is 39.3 Å². The molecule has 0 aliphatic carbocycles. The van der Waals surface area contributed by atoms with Crippen LogP contribution in [0.25, 0.3) is 11.0 Å². The quantitative estimate of drug-likeness (QED) is 0.380. The largest absolute Gasteiger partial charge is 0.356 e. The molecular weight excluding hydrogens is 344 g/mol. The van der Waals surface area contributed by atoms with Crippen molar-refractivity contribution in [1.29, 1.82) is 0 Å². The molecule has 0 bridgehead atoms. The van der Waals surface area contributed by atoms with Crippen LogP contribution in [0.4, 0.5) is 0 Å². The summed E-state index contributed by atoms with van der Waals surface area (Å²) >= 11 is 1.69. The van der Waals surface area contributed by atoms with Gasteiger partial charge in [0, 0.05) is 25.5 Å². The van der Waals surface area contributed by atoms with Crippen LogP contribution in [0.1, 0.15) is 36.9 Å². The van der Waals surface area contributed by atoms with Crippen LogP contribution in [0, 0.1) is 0 Å². The zero-order chi connectivity index (χ0) is 18.4. The maximum absolute atomic E-state index is 4.64. The Morgan fingerprint density at radius 3 is 2.88 bits per heavy atom. The zero-order valence-corrected chi connectivity index (χ0v) is 16.4. The van der Waals surface area contributed by atoms with Gasteiger partial charge in [0.2, 0.25) is 0 Å². The summed E-state index contributed by atoms with van der Waals surface area (Å²) in [6.07, 6.45) is 2.91. The second kappa shape index (κ2) is 8.80. The molecule has 138 valence electrons. The number of nitrogens with zero attached hydrogens (tertiary/aromatic N) is 4. The van der Waals surface area contributed by atoms with Gasteiger partial charge < -0.3 is 15.2 Å². The van der Waals surface area contributed by atoms with E-state index in [1.807, 2.05) is 24.5 Å². The zero-order valence-electron chi connectivity index (χ0n) is 15.6. The van der Waals surface area contributed by atoms with Gasteiger partial charge in [-0.3, -0.25) is 4.99 Å². The molecule has 0 aliphatic heterocycles. The van der Waals surface area contributed by atoms with E-state index in [2.05, 4.69) is 55.5 Å². The van der Waals surface area contributed by atoms with Crippen molar-refractivity contribution in [2.75, 3.05) is 13.6 Å². The minimum Gasteiger partial charge on any atom is -0.356 e. The number of benzene rings is 1. The standard InChI is InChI=1S/C19H26N6S/c1-14(2)16-12-26-18(24-16)11-22-19(20-3)21-9-6-10-25-13-23-15-7-4-5-8-17(15)25/h4-5,7-8,12-14H,6,9-11H2,1-3H3,(H2,20,21,22).